The molecule has 1 fully saturated rings. The van der Waals surface area contributed by atoms with Gasteiger partial charge in [-0.1, -0.05) is 18.2 Å². The van der Waals surface area contributed by atoms with Crippen molar-refractivity contribution in [1.29, 1.82) is 0 Å². The molecule has 1 aliphatic rings. The standard InChI is InChI=1S/C18H20F2N4O4S/c19-16-6-3-9-24(17(26)23-14-7-8-21-22-10-14)18(16,20)12-29(27,28)15-5-2-1-4-13(15)11-25/h1-2,4-5,7-8,10,16,25H,3,6,9,11-12H2,(H,21,23,26). The van der Waals surface area contributed by atoms with Crippen molar-refractivity contribution in [2.24, 2.45) is 0 Å². The van der Waals surface area contributed by atoms with Crippen LogP contribution < -0.4 is 5.32 Å². The molecule has 3 rings (SSSR count). The predicted octanol–water partition coefficient (Wildman–Crippen LogP) is 2.07. The zero-order chi connectivity index (χ0) is 21.1. The van der Waals surface area contributed by atoms with Crippen molar-refractivity contribution in [2.75, 3.05) is 17.6 Å². The number of nitrogens with zero attached hydrogens (tertiary/aromatic N) is 3. The minimum atomic E-state index is -4.35. The number of amides is 2. The number of aromatic nitrogens is 2. The summed E-state index contributed by atoms with van der Waals surface area (Å²) in [6.07, 6.45) is 0.316. The van der Waals surface area contributed by atoms with Crippen LogP contribution in [0.15, 0.2) is 47.6 Å². The first kappa shape index (κ1) is 21.1. The molecule has 0 radical (unpaired) electrons. The van der Waals surface area contributed by atoms with E-state index in [2.05, 4.69) is 15.5 Å². The molecule has 2 aromatic rings. The van der Waals surface area contributed by atoms with Gasteiger partial charge in [-0.15, -0.1) is 0 Å². The predicted molar refractivity (Wildman–Crippen MR) is 100 cm³/mol. The van der Waals surface area contributed by atoms with Crippen molar-refractivity contribution < 1.29 is 27.1 Å². The van der Waals surface area contributed by atoms with Crippen LogP contribution in [0.5, 0.6) is 0 Å². The van der Waals surface area contributed by atoms with Crippen molar-refractivity contribution in [1.82, 2.24) is 15.1 Å². The normalized spacial score (nSPS) is 22.3. The van der Waals surface area contributed by atoms with E-state index in [4.69, 9.17) is 0 Å². The average Bonchev–Trinajstić information content (AvgIpc) is 2.70. The van der Waals surface area contributed by atoms with Crippen LogP contribution in [0, 0.1) is 0 Å². The maximum absolute atomic E-state index is 15.8. The first-order valence-electron chi connectivity index (χ1n) is 8.88. The molecule has 11 heteroatoms. The second-order valence-corrected chi connectivity index (χ2v) is 8.62. The molecular weight excluding hydrogens is 406 g/mol. The van der Waals surface area contributed by atoms with Crippen molar-refractivity contribution in [3.8, 4) is 0 Å². The molecule has 0 bridgehead atoms. The molecule has 29 heavy (non-hydrogen) atoms. The molecule has 0 spiro atoms. The van der Waals surface area contributed by atoms with Crippen LogP contribution in [-0.4, -0.2) is 58.9 Å². The summed E-state index contributed by atoms with van der Waals surface area (Å²) in [6, 6.07) is 5.98. The third-order valence-corrected chi connectivity index (χ3v) is 6.57. The van der Waals surface area contributed by atoms with Gasteiger partial charge in [-0.3, -0.25) is 4.90 Å². The molecule has 0 aliphatic carbocycles. The monoisotopic (exact) mass is 426 g/mol. The molecule has 2 atom stereocenters. The number of rotatable bonds is 5. The van der Waals surface area contributed by atoms with Crippen LogP contribution in [0.4, 0.5) is 19.3 Å². The molecule has 156 valence electrons. The molecule has 1 saturated heterocycles. The summed E-state index contributed by atoms with van der Waals surface area (Å²) in [5, 5.41) is 18.9. The quantitative estimate of drug-likeness (QED) is 0.708. The minimum Gasteiger partial charge on any atom is -0.392 e. The molecule has 0 saturated carbocycles. The van der Waals surface area contributed by atoms with E-state index in [0.29, 0.717) is 4.90 Å². The number of halogens is 2. The number of anilines is 1. The van der Waals surface area contributed by atoms with Crippen LogP contribution in [-0.2, 0) is 16.4 Å². The first-order chi connectivity index (χ1) is 13.8. The Morgan fingerprint density at radius 3 is 2.76 bits per heavy atom. The fourth-order valence-corrected chi connectivity index (χ4v) is 5.12. The summed E-state index contributed by atoms with van der Waals surface area (Å²) >= 11 is 0. The lowest BCUT2D eigenvalue weighted by atomic mass is 9.99. The molecule has 1 aromatic carbocycles. The number of sulfone groups is 1. The Hall–Kier alpha value is -2.66. The van der Waals surface area contributed by atoms with Gasteiger partial charge in [0, 0.05) is 6.54 Å². The Labute approximate surface area is 166 Å². The Balaban J connectivity index is 1.91. The lowest BCUT2D eigenvalue weighted by Gasteiger charge is -2.42. The van der Waals surface area contributed by atoms with Crippen molar-refractivity contribution in [2.45, 2.75) is 36.3 Å². The van der Waals surface area contributed by atoms with Crippen LogP contribution in [0.2, 0.25) is 0 Å². The zero-order valence-electron chi connectivity index (χ0n) is 15.3. The number of carbonyl (C=O) groups excluding carboxylic acids is 1. The number of benzene rings is 1. The van der Waals surface area contributed by atoms with Crippen molar-refractivity contribution >= 4 is 21.6 Å². The Morgan fingerprint density at radius 1 is 1.31 bits per heavy atom. The van der Waals surface area contributed by atoms with E-state index in [9.17, 15) is 22.7 Å². The van der Waals surface area contributed by atoms with Gasteiger partial charge in [-0.05, 0) is 30.5 Å². The van der Waals surface area contributed by atoms with Crippen LogP contribution in [0.3, 0.4) is 0 Å². The number of alkyl halides is 2. The number of hydrogen-bond acceptors (Lipinski definition) is 6. The summed E-state index contributed by atoms with van der Waals surface area (Å²) in [4.78, 5) is 12.9. The van der Waals surface area contributed by atoms with Gasteiger partial charge < -0.3 is 10.4 Å². The van der Waals surface area contributed by atoms with E-state index in [1.54, 1.807) is 0 Å². The Morgan fingerprint density at radius 2 is 2.07 bits per heavy atom. The van der Waals surface area contributed by atoms with Crippen LogP contribution in [0.25, 0.3) is 0 Å². The van der Waals surface area contributed by atoms with Gasteiger partial charge in [0.2, 0.25) is 5.79 Å². The summed E-state index contributed by atoms with van der Waals surface area (Å²) in [7, 11) is -4.35. The summed E-state index contributed by atoms with van der Waals surface area (Å²) in [5.41, 5.74) is 0.281. The number of likely N-dealkylation sites (tertiary alicyclic amines) is 1. The molecule has 2 unspecified atom stereocenters. The van der Waals surface area contributed by atoms with Crippen molar-refractivity contribution in [3.63, 3.8) is 0 Å². The maximum atomic E-state index is 15.8. The number of aliphatic hydroxyl groups excluding tert-OH is 1. The first-order valence-corrected chi connectivity index (χ1v) is 10.5. The highest BCUT2D eigenvalue weighted by atomic mass is 32.2. The lowest BCUT2D eigenvalue weighted by molar-refractivity contribution is -0.0723. The topological polar surface area (TPSA) is 112 Å². The van der Waals surface area contributed by atoms with E-state index < -0.39 is 40.2 Å². The molecular formula is C18H20F2N4O4S. The van der Waals surface area contributed by atoms with E-state index in [1.807, 2.05) is 0 Å². The number of nitrogens with one attached hydrogen (secondary N) is 1. The number of piperidine rings is 1. The summed E-state index contributed by atoms with van der Waals surface area (Å²) in [5.74, 6) is -4.33. The van der Waals surface area contributed by atoms with E-state index in [1.165, 1.54) is 42.7 Å². The molecule has 8 nitrogen and oxygen atoms in total. The molecule has 1 aromatic heterocycles. The Bertz CT molecular complexity index is 977. The third kappa shape index (κ3) is 4.35. The van der Waals surface area contributed by atoms with Gasteiger partial charge in [-0.25, -0.2) is 22.0 Å². The minimum absolute atomic E-state index is 0.0705. The van der Waals surface area contributed by atoms with Gasteiger partial charge in [0.25, 0.3) is 0 Å². The SMILES string of the molecule is O=C(Nc1ccnnc1)N1CCCC(F)C1(F)CS(=O)(=O)c1ccccc1CO. The van der Waals surface area contributed by atoms with Crippen LogP contribution in [0.1, 0.15) is 18.4 Å². The second kappa shape index (κ2) is 8.37. The number of carbonyl (C=O) groups is 1. The fraction of sp³-hybridized carbons (Fsp3) is 0.389. The van der Waals surface area contributed by atoms with Gasteiger partial charge in [0.1, 0.15) is 5.75 Å². The number of urea groups is 1. The Kier molecular flexibility index (Phi) is 6.08. The van der Waals surface area contributed by atoms with Gasteiger partial charge in [0.05, 0.1) is 29.6 Å². The largest absolute Gasteiger partial charge is 0.392 e. The highest BCUT2D eigenvalue weighted by Crippen LogP contribution is 2.36. The maximum Gasteiger partial charge on any atom is 0.324 e. The van der Waals surface area contributed by atoms with Crippen molar-refractivity contribution in [3.05, 3.63) is 48.3 Å². The third-order valence-electron chi connectivity index (χ3n) is 4.72. The lowest BCUT2D eigenvalue weighted by Crippen LogP contribution is -2.62. The molecule has 1 aliphatic heterocycles. The second-order valence-electron chi connectivity index (χ2n) is 6.67. The number of hydrogen-bond donors (Lipinski definition) is 2. The summed E-state index contributed by atoms with van der Waals surface area (Å²) < 4.78 is 56.2. The highest BCUT2D eigenvalue weighted by molar-refractivity contribution is 7.91. The average molecular weight is 426 g/mol. The number of aliphatic hydroxyl groups is 1. The molecule has 2 heterocycles. The smallest absolute Gasteiger partial charge is 0.324 e. The van der Waals surface area contributed by atoms with Crippen LogP contribution >= 0.6 is 0 Å². The summed E-state index contributed by atoms with van der Waals surface area (Å²) in [6.45, 7) is -0.731. The van der Waals surface area contributed by atoms with Gasteiger partial charge in [0.15, 0.2) is 16.0 Å². The molecule has 2 amide bonds. The van der Waals surface area contributed by atoms with E-state index in [0.717, 1.165) is 0 Å². The molecule has 2 N–H and O–H groups in total. The highest BCUT2D eigenvalue weighted by Gasteiger charge is 2.53. The van der Waals surface area contributed by atoms with E-state index >= 15 is 4.39 Å². The fourth-order valence-electron chi connectivity index (χ4n) is 3.28. The van der Waals surface area contributed by atoms with E-state index in [-0.39, 0.29) is 35.5 Å². The van der Waals surface area contributed by atoms with Gasteiger partial charge in [-0.2, -0.15) is 10.2 Å². The van der Waals surface area contributed by atoms with Gasteiger partial charge >= 0.3 is 6.03 Å². The zero-order valence-corrected chi connectivity index (χ0v) is 16.1.